The molecule has 3 amide bonds. The maximum absolute atomic E-state index is 12.1. The van der Waals surface area contributed by atoms with Gasteiger partial charge in [-0.15, -0.1) is 0 Å². The van der Waals surface area contributed by atoms with Crippen LogP contribution in [-0.4, -0.2) is 65.8 Å². The summed E-state index contributed by atoms with van der Waals surface area (Å²) in [5.74, 6) is -1.34. The van der Waals surface area contributed by atoms with Crippen LogP contribution in [0, 0.1) is 0 Å². The van der Waals surface area contributed by atoms with Crippen LogP contribution in [0.25, 0.3) is 0 Å². The summed E-state index contributed by atoms with van der Waals surface area (Å²) in [6, 6.07) is 0. The molecule has 1 heterocycles. The van der Waals surface area contributed by atoms with Gasteiger partial charge in [-0.3, -0.25) is 14.4 Å². The van der Waals surface area contributed by atoms with E-state index in [4.69, 9.17) is 5.73 Å². The number of carbonyl (C=O) groups excluding carboxylic acids is 3. The summed E-state index contributed by atoms with van der Waals surface area (Å²) in [5, 5.41) is 2.97. The monoisotopic (exact) mass is 296 g/mol. The molecule has 118 valence electrons. The van der Waals surface area contributed by atoms with Crippen LogP contribution in [-0.2, 0) is 14.4 Å². The van der Waals surface area contributed by atoms with Gasteiger partial charge in [0, 0.05) is 26.2 Å². The third kappa shape index (κ3) is 3.34. The SMILES string of the molecule is CCN1CCN(CC(=O)NC2(CN)CCCC2)C(=O)C1=O. The minimum absolute atomic E-state index is 0.0656. The molecule has 0 spiro atoms. The Morgan fingerprint density at radius 3 is 2.33 bits per heavy atom. The molecule has 0 aromatic rings. The maximum atomic E-state index is 12.1. The van der Waals surface area contributed by atoms with E-state index in [1.807, 2.05) is 6.92 Å². The molecule has 0 atom stereocenters. The molecule has 1 aliphatic heterocycles. The van der Waals surface area contributed by atoms with Crippen LogP contribution in [0.5, 0.6) is 0 Å². The Bertz CT molecular complexity index is 432. The molecule has 7 heteroatoms. The molecule has 0 bridgehead atoms. The zero-order valence-corrected chi connectivity index (χ0v) is 12.6. The fraction of sp³-hybridized carbons (Fsp3) is 0.786. The van der Waals surface area contributed by atoms with Gasteiger partial charge in [-0.25, -0.2) is 0 Å². The van der Waals surface area contributed by atoms with Crippen LogP contribution in [0.3, 0.4) is 0 Å². The second kappa shape index (κ2) is 6.43. The van der Waals surface area contributed by atoms with Crippen molar-refractivity contribution in [2.45, 2.75) is 38.1 Å². The molecule has 1 saturated heterocycles. The first kappa shape index (κ1) is 15.8. The normalized spacial score (nSPS) is 21.8. The number of nitrogens with two attached hydrogens (primary N) is 1. The van der Waals surface area contributed by atoms with Gasteiger partial charge >= 0.3 is 11.8 Å². The van der Waals surface area contributed by atoms with E-state index in [9.17, 15) is 14.4 Å². The molecule has 21 heavy (non-hydrogen) atoms. The first-order chi connectivity index (χ1) is 10.0. The molecule has 0 aromatic carbocycles. The molecule has 7 nitrogen and oxygen atoms in total. The molecular weight excluding hydrogens is 272 g/mol. The number of hydrogen-bond donors (Lipinski definition) is 2. The zero-order chi connectivity index (χ0) is 15.5. The van der Waals surface area contributed by atoms with Crippen molar-refractivity contribution in [3.05, 3.63) is 0 Å². The van der Waals surface area contributed by atoms with E-state index < -0.39 is 11.8 Å². The quantitative estimate of drug-likeness (QED) is 0.640. The van der Waals surface area contributed by atoms with Gasteiger partial charge in [0.25, 0.3) is 0 Å². The third-order valence-electron chi connectivity index (χ3n) is 4.47. The van der Waals surface area contributed by atoms with E-state index in [1.165, 1.54) is 9.80 Å². The standard InChI is InChI=1S/C14H24N4O3/c1-2-17-7-8-18(13(21)12(17)20)9-11(19)16-14(10-15)5-3-4-6-14/h2-10,15H2,1H3,(H,16,19). The van der Waals surface area contributed by atoms with Crippen molar-refractivity contribution in [2.24, 2.45) is 5.73 Å². The molecule has 2 fully saturated rings. The van der Waals surface area contributed by atoms with Crippen LogP contribution in [0.2, 0.25) is 0 Å². The minimum atomic E-state index is -0.591. The van der Waals surface area contributed by atoms with Crippen molar-refractivity contribution in [1.82, 2.24) is 15.1 Å². The summed E-state index contributed by atoms with van der Waals surface area (Å²) in [5.41, 5.74) is 5.46. The van der Waals surface area contributed by atoms with Gasteiger partial charge in [0.05, 0.1) is 5.54 Å². The predicted octanol–water partition coefficient (Wildman–Crippen LogP) is -0.935. The van der Waals surface area contributed by atoms with Crippen molar-refractivity contribution in [3.63, 3.8) is 0 Å². The van der Waals surface area contributed by atoms with Gasteiger partial charge in [0.1, 0.15) is 6.54 Å². The van der Waals surface area contributed by atoms with Gasteiger partial charge in [-0.05, 0) is 19.8 Å². The van der Waals surface area contributed by atoms with Crippen LogP contribution in [0.4, 0.5) is 0 Å². The minimum Gasteiger partial charge on any atom is -0.348 e. The highest BCUT2D eigenvalue weighted by molar-refractivity contribution is 6.35. The van der Waals surface area contributed by atoms with Gasteiger partial charge in [0.2, 0.25) is 5.91 Å². The summed E-state index contributed by atoms with van der Waals surface area (Å²) in [6.07, 6.45) is 3.88. The third-order valence-corrected chi connectivity index (χ3v) is 4.47. The molecule has 2 rings (SSSR count). The number of nitrogens with zero attached hydrogens (tertiary/aromatic N) is 2. The summed E-state index contributed by atoms with van der Waals surface area (Å²) >= 11 is 0. The van der Waals surface area contributed by atoms with Crippen molar-refractivity contribution in [2.75, 3.05) is 32.7 Å². The van der Waals surface area contributed by atoms with E-state index in [0.29, 0.717) is 26.2 Å². The van der Waals surface area contributed by atoms with Crippen LogP contribution in [0.15, 0.2) is 0 Å². The number of hydrogen-bond acceptors (Lipinski definition) is 4. The number of nitrogens with one attached hydrogen (secondary N) is 1. The number of likely N-dealkylation sites (N-methyl/N-ethyl adjacent to an activating group) is 1. The Labute approximate surface area is 124 Å². The van der Waals surface area contributed by atoms with E-state index in [2.05, 4.69) is 5.32 Å². The Hall–Kier alpha value is -1.63. The number of piperazine rings is 1. The largest absolute Gasteiger partial charge is 0.348 e. The maximum Gasteiger partial charge on any atom is 0.312 e. The van der Waals surface area contributed by atoms with E-state index in [1.54, 1.807) is 0 Å². The molecule has 2 aliphatic rings. The van der Waals surface area contributed by atoms with E-state index in [0.717, 1.165) is 25.7 Å². The molecule has 0 radical (unpaired) electrons. The second-order valence-electron chi connectivity index (χ2n) is 5.85. The summed E-state index contributed by atoms with van der Waals surface area (Å²) < 4.78 is 0. The van der Waals surface area contributed by atoms with Crippen LogP contribution in [0.1, 0.15) is 32.6 Å². The number of carbonyl (C=O) groups is 3. The highest BCUT2D eigenvalue weighted by atomic mass is 16.2. The molecule has 3 N–H and O–H groups in total. The van der Waals surface area contributed by atoms with Crippen LogP contribution < -0.4 is 11.1 Å². The molecule has 1 aliphatic carbocycles. The first-order valence-electron chi connectivity index (χ1n) is 7.60. The molecule has 1 saturated carbocycles. The highest BCUT2D eigenvalue weighted by Gasteiger charge is 2.36. The Morgan fingerprint density at radius 2 is 1.76 bits per heavy atom. The Balaban J connectivity index is 1.91. The predicted molar refractivity (Wildman–Crippen MR) is 77.2 cm³/mol. The van der Waals surface area contributed by atoms with Crippen molar-refractivity contribution < 1.29 is 14.4 Å². The molecule has 0 aromatic heterocycles. The summed E-state index contributed by atoms with van der Waals surface area (Å²) in [4.78, 5) is 38.7. The Kier molecular flexibility index (Phi) is 4.82. The number of amides is 3. The van der Waals surface area contributed by atoms with Crippen molar-refractivity contribution in [3.8, 4) is 0 Å². The topological polar surface area (TPSA) is 95.7 Å². The first-order valence-corrected chi connectivity index (χ1v) is 7.60. The Morgan fingerprint density at radius 1 is 1.19 bits per heavy atom. The lowest BCUT2D eigenvalue weighted by Gasteiger charge is -2.34. The van der Waals surface area contributed by atoms with Crippen LogP contribution >= 0.6 is 0 Å². The molecule has 0 unspecified atom stereocenters. The smallest absolute Gasteiger partial charge is 0.312 e. The van der Waals surface area contributed by atoms with Gasteiger partial charge in [-0.1, -0.05) is 12.8 Å². The zero-order valence-electron chi connectivity index (χ0n) is 12.6. The summed E-state index contributed by atoms with van der Waals surface area (Å²) in [6.45, 7) is 3.58. The van der Waals surface area contributed by atoms with E-state index in [-0.39, 0.29) is 18.0 Å². The lowest BCUT2D eigenvalue weighted by atomic mass is 9.98. The summed E-state index contributed by atoms with van der Waals surface area (Å²) in [7, 11) is 0. The lowest BCUT2D eigenvalue weighted by Crippen LogP contribution is -2.58. The number of rotatable bonds is 5. The fourth-order valence-electron chi connectivity index (χ4n) is 3.11. The average molecular weight is 296 g/mol. The van der Waals surface area contributed by atoms with Crippen molar-refractivity contribution in [1.29, 1.82) is 0 Å². The van der Waals surface area contributed by atoms with Gasteiger partial charge in [0.15, 0.2) is 0 Å². The second-order valence-corrected chi connectivity index (χ2v) is 5.85. The average Bonchev–Trinajstić information content (AvgIpc) is 2.93. The van der Waals surface area contributed by atoms with Gasteiger partial charge < -0.3 is 20.9 Å². The highest BCUT2D eigenvalue weighted by Crippen LogP contribution is 2.28. The lowest BCUT2D eigenvalue weighted by molar-refractivity contribution is -0.156. The van der Waals surface area contributed by atoms with Crippen molar-refractivity contribution >= 4 is 17.7 Å². The fourth-order valence-corrected chi connectivity index (χ4v) is 3.11. The van der Waals surface area contributed by atoms with E-state index >= 15 is 0 Å². The van der Waals surface area contributed by atoms with Gasteiger partial charge in [-0.2, -0.15) is 0 Å². The molecular formula is C14H24N4O3.